The van der Waals surface area contributed by atoms with Gasteiger partial charge in [-0.3, -0.25) is 9.69 Å². The van der Waals surface area contributed by atoms with Crippen molar-refractivity contribution in [1.82, 2.24) is 19.6 Å². The number of likely N-dealkylation sites (tertiary alicyclic amines) is 2. The molecule has 5 heteroatoms. The zero-order valence-corrected chi connectivity index (χ0v) is 12.1. The van der Waals surface area contributed by atoms with Gasteiger partial charge in [0.05, 0.1) is 6.54 Å². The molecule has 0 bridgehead atoms. The summed E-state index contributed by atoms with van der Waals surface area (Å²) >= 11 is 0. The summed E-state index contributed by atoms with van der Waals surface area (Å²) in [5, 5.41) is 4.18. The molecule has 5 nitrogen and oxygen atoms in total. The topological polar surface area (TPSA) is 41.4 Å². The third-order valence-electron chi connectivity index (χ3n) is 4.57. The summed E-state index contributed by atoms with van der Waals surface area (Å²) in [5.41, 5.74) is 0.0129. The molecule has 0 aromatic carbocycles. The molecule has 0 spiro atoms. The normalized spacial score (nSPS) is 24.5. The molecule has 1 aromatic heterocycles. The van der Waals surface area contributed by atoms with Crippen LogP contribution in [0.4, 0.5) is 0 Å². The Labute approximate surface area is 120 Å². The molecule has 1 atom stereocenters. The van der Waals surface area contributed by atoms with Gasteiger partial charge in [-0.25, -0.2) is 4.68 Å². The third-order valence-corrected chi connectivity index (χ3v) is 4.57. The van der Waals surface area contributed by atoms with Crippen molar-refractivity contribution < 1.29 is 0 Å². The lowest BCUT2D eigenvalue weighted by Crippen LogP contribution is -2.40. The summed E-state index contributed by atoms with van der Waals surface area (Å²) in [4.78, 5) is 16.9. The fourth-order valence-electron chi connectivity index (χ4n) is 3.40. The highest BCUT2D eigenvalue weighted by Crippen LogP contribution is 2.18. The van der Waals surface area contributed by atoms with Crippen molar-refractivity contribution in [3.63, 3.8) is 0 Å². The summed E-state index contributed by atoms with van der Waals surface area (Å²) in [5.74, 6) is 0. The molecular weight excluding hydrogens is 252 g/mol. The van der Waals surface area contributed by atoms with Gasteiger partial charge in [0.2, 0.25) is 0 Å². The zero-order chi connectivity index (χ0) is 13.8. The maximum atomic E-state index is 11.8. The van der Waals surface area contributed by atoms with Crippen LogP contribution in [0.1, 0.15) is 25.7 Å². The molecule has 0 aliphatic carbocycles. The summed E-state index contributed by atoms with van der Waals surface area (Å²) < 4.78 is 1.61. The fraction of sp³-hybridized carbons (Fsp3) is 0.733. The Balaban J connectivity index is 1.55. The Morgan fingerprint density at radius 3 is 2.80 bits per heavy atom. The van der Waals surface area contributed by atoms with Crippen LogP contribution in [0.5, 0.6) is 0 Å². The molecule has 2 aliphatic rings. The molecule has 0 N–H and O–H groups in total. The second kappa shape index (κ2) is 6.50. The number of hydrogen-bond donors (Lipinski definition) is 0. The summed E-state index contributed by atoms with van der Waals surface area (Å²) in [6.45, 7) is 6.73. The van der Waals surface area contributed by atoms with Gasteiger partial charge in [0.15, 0.2) is 0 Å². The molecule has 2 fully saturated rings. The first kappa shape index (κ1) is 13.8. The van der Waals surface area contributed by atoms with E-state index >= 15 is 0 Å². The largest absolute Gasteiger partial charge is 0.302 e. The molecule has 3 heterocycles. The Morgan fingerprint density at radius 2 is 2.00 bits per heavy atom. The molecular formula is C15H24N4O. The Morgan fingerprint density at radius 1 is 1.15 bits per heavy atom. The molecule has 0 amide bonds. The van der Waals surface area contributed by atoms with Gasteiger partial charge in [0, 0.05) is 31.4 Å². The minimum Gasteiger partial charge on any atom is -0.302 e. The Kier molecular flexibility index (Phi) is 4.47. The fourth-order valence-corrected chi connectivity index (χ4v) is 3.40. The first-order chi connectivity index (χ1) is 9.83. The van der Waals surface area contributed by atoms with Gasteiger partial charge in [-0.05, 0) is 51.4 Å². The molecule has 20 heavy (non-hydrogen) atoms. The van der Waals surface area contributed by atoms with Crippen LogP contribution in [-0.2, 0) is 6.54 Å². The minimum atomic E-state index is 0.0129. The van der Waals surface area contributed by atoms with Gasteiger partial charge in [-0.2, -0.15) is 5.10 Å². The highest BCUT2D eigenvalue weighted by molar-refractivity contribution is 4.87. The number of rotatable bonds is 5. The molecule has 0 radical (unpaired) electrons. The first-order valence-electron chi connectivity index (χ1n) is 7.81. The maximum absolute atomic E-state index is 11.8. The predicted molar refractivity (Wildman–Crippen MR) is 78.8 cm³/mol. The molecule has 1 aromatic rings. The van der Waals surface area contributed by atoms with Gasteiger partial charge in [-0.1, -0.05) is 0 Å². The van der Waals surface area contributed by atoms with E-state index in [1.54, 1.807) is 23.0 Å². The average molecular weight is 276 g/mol. The number of aromatic nitrogens is 2. The highest BCUT2D eigenvalue weighted by atomic mass is 16.1. The van der Waals surface area contributed by atoms with Gasteiger partial charge >= 0.3 is 0 Å². The van der Waals surface area contributed by atoms with E-state index in [4.69, 9.17) is 0 Å². The lowest BCUT2D eigenvalue weighted by atomic mass is 10.2. The Hall–Kier alpha value is -1.20. The lowest BCUT2D eigenvalue weighted by Gasteiger charge is -2.26. The van der Waals surface area contributed by atoms with E-state index in [1.807, 2.05) is 0 Å². The van der Waals surface area contributed by atoms with Gasteiger partial charge in [-0.15, -0.1) is 0 Å². The van der Waals surface area contributed by atoms with E-state index in [-0.39, 0.29) is 5.56 Å². The van der Waals surface area contributed by atoms with Crippen molar-refractivity contribution in [2.75, 3.05) is 32.7 Å². The Bertz CT molecular complexity index is 481. The van der Waals surface area contributed by atoms with Gasteiger partial charge < -0.3 is 4.90 Å². The van der Waals surface area contributed by atoms with Crippen LogP contribution in [0.2, 0.25) is 0 Å². The standard InChI is InChI=1S/C15H24N4O/c20-15-6-3-7-16-19(15)13-14-5-4-10-18(14)12-11-17-8-1-2-9-17/h3,6-7,14H,1-2,4-5,8-13H2. The van der Waals surface area contributed by atoms with Crippen molar-refractivity contribution in [2.24, 2.45) is 0 Å². The van der Waals surface area contributed by atoms with Crippen molar-refractivity contribution in [3.05, 3.63) is 28.7 Å². The van der Waals surface area contributed by atoms with Crippen LogP contribution < -0.4 is 5.56 Å². The summed E-state index contributed by atoms with van der Waals surface area (Å²) in [6.07, 6.45) is 6.83. The first-order valence-corrected chi connectivity index (χ1v) is 7.81. The van der Waals surface area contributed by atoms with E-state index in [9.17, 15) is 4.79 Å². The van der Waals surface area contributed by atoms with Crippen LogP contribution in [0.15, 0.2) is 23.1 Å². The maximum Gasteiger partial charge on any atom is 0.266 e. The minimum absolute atomic E-state index is 0.0129. The van der Waals surface area contributed by atoms with E-state index in [1.165, 1.54) is 51.9 Å². The van der Waals surface area contributed by atoms with Crippen molar-refractivity contribution >= 4 is 0 Å². The number of hydrogen-bond acceptors (Lipinski definition) is 4. The van der Waals surface area contributed by atoms with Gasteiger partial charge in [0.25, 0.3) is 5.56 Å². The monoisotopic (exact) mass is 276 g/mol. The van der Waals surface area contributed by atoms with Crippen molar-refractivity contribution in [1.29, 1.82) is 0 Å². The van der Waals surface area contributed by atoms with Crippen LogP contribution >= 0.6 is 0 Å². The molecule has 2 aliphatic heterocycles. The van der Waals surface area contributed by atoms with Crippen LogP contribution in [0.3, 0.4) is 0 Å². The van der Waals surface area contributed by atoms with Crippen molar-refractivity contribution in [3.8, 4) is 0 Å². The molecule has 3 rings (SSSR count). The number of nitrogens with zero attached hydrogens (tertiary/aromatic N) is 4. The smallest absolute Gasteiger partial charge is 0.266 e. The highest BCUT2D eigenvalue weighted by Gasteiger charge is 2.25. The molecule has 110 valence electrons. The van der Waals surface area contributed by atoms with Crippen LogP contribution in [0.25, 0.3) is 0 Å². The molecule has 0 saturated carbocycles. The quantitative estimate of drug-likeness (QED) is 0.798. The average Bonchev–Trinajstić information content (AvgIpc) is 3.10. The van der Waals surface area contributed by atoms with E-state index < -0.39 is 0 Å². The second-order valence-electron chi connectivity index (χ2n) is 5.92. The van der Waals surface area contributed by atoms with E-state index in [0.29, 0.717) is 6.04 Å². The summed E-state index contributed by atoms with van der Waals surface area (Å²) in [7, 11) is 0. The van der Waals surface area contributed by atoms with Crippen LogP contribution in [-0.4, -0.2) is 58.3 Å². The van der Waals surface area contributed by atoms with Gasteiger partial charge in [0.1, 0.15) is 0 Å². The van der Waals surface area contributed by atoms with E-state index in [0.717, 1.165) is 13.1 Å². The predicted octanol–water partition coefficient (Wildman–Crippen LogP) is 0.803. The SMILES string of the molecule is O=c1cccnn1CC1CCCN1CCN1CCCC1. The summed E-state index contributed by atoms with van der Waals surface area (Å²) in [6, 6.07) is 3.78. The van der Waals surface area contributed by atoms with Crippen LogP contribution in [0, 0.1) is 0 Å². The van der Waals surface area contributed by atoms with Crippen molar-refractivity contribution in [2.45, 2.75) is 38.3 Å². The lowest BCUT2D eigenvalue weighted by molar-refractivity contribution is 0.193. The zero-order valence-electron chi connectivity index (χ0n) is 12.1. The third kappa shape index (κ3) is 3.27. The van der Waals surface area contributed by atoms with E-state index in [2.05, 4.69) is 14.9 Å². The molecule has 2 saturated heterocycles. The second-order valence-corrected chi connectivity index (χ2v) is 5.92. The molecule has 1 unspecified atom stereocenters.